The third-order valence-corrected chi connectivity index (χ3v) is 5.29. The molecule has 4 rings (SSSR count). The van der Waals surface area contributed by atoms with E-state index >= 15 is 0 Å². The van der Waals surface area contributed by atoms with Crippen LogP contribution >= 0.6 is 0 Å². The van der Waals surface area contributed by atoms with Gasteiger partial charge < -0.3 is 14.6 Å². The maximum Gasteiger partial charge on any atom is 0.117 e. The van der Waals surface area contributed by atoms with Gasteiger partial charge in [-0.3, -0.25) is 4.98 Å². The van der Waals surface area contributed by atoms with Crippen LogP contribution in [0.5, 0.6) is 5.75 Å². The predicted octanol–water partition coefficient (Wildman–Crippen LogP) is 4.25. The number of aryl methyl sites for hydroxylation is 1. The molecule has 0 amide bonds. The molecule has 0 bridgehead atoms. The zero-order valence-electron chi connectivity index (χ0n) is 14.5. The van der Waals surface area contributed by atoms with E-state index in [0.717, 1.165) is 17.8 Å². The van der Waals surface area contributed by atoms with Crippen molar-refractivity contribution in [2.24, 2.45) is 0 Å². The molecular weight excluding hydrogens is 298 g/mol. The lowest BCUT2D eigenvalue weighted by Gasteiger charge is -2.30. The Bertz CT molecular complexity index is 877. The Labute approximate surface area is 142 Å². The number of piperidine rings is 1. The third-order valence-electron chi connectivity index (χ3n) is 5.29. The van der Waals surface area contributed by atoms with Crippen LogP contribution in [0.25, 0.3) is 21.8 Å². The number of phenols is 1. The smallest absolute Gasteiger partial charge is 0.117 e. The van der Waals surface area contributed by atoms with E-state index in [1.165, 1.54) is 48.6 Å². The van der Waals surface area contributed by atoms with Crippen LogP contribution in [-0.4, -0.2) is 39.2 Å². The van der Waals surface area contributed by atoms with E-state index in [1.807, 2.05) is 18.3 Å². The van der Waals surface area contributed by atoms with E-state index in [9.17, 15) is 5.11 Å². The molecule has 1 aromatic carbocycles. The van der Waals surface area contributed by atoms with Crippen molar-refractivity contribution in [2.45, 2.75) is 39.2 Å². The number of hydrogen-bond acceptors (Lipinski definition) is 3. The third kappa shape index (κ3) is 2.55. The number of rotatable bonds is 3. The van der Waals surface area contributed by atoms with Gasteiger partial charge in [-0.1, -0.05) is 6.42 Å². The molecule has 4 heteroatoms. The van der Waals surface area contributed by atoms with Gasteiger partial charge in [0.15, 0.2) is 0 Å². The van der Waals surface area contributed by atoms with E-state index in [0.29, 0.717) is 11.8 Å². The van der Waals surface area contributed by atoms with E-state index in [2.05, 4.69) is 34.4 Å². The summed E-state index contributed by atoms with van der Waals surface area (Å²) in [6.45, 7) is 7.80. The highest BCUT2D eigenvalue weighted by molar-refractivity contribution is 6.09. The monoisotopic (exact) mass is 323 g/mol. The summed E-state index contributed by atoms with van der Waals surface area (Å²) < 4.78 is 2.38. The highest BCUT2D eigenvalue weighted by Gasteiger charge is 2.20. The second kappa shape index (κ2) is 6.10. The number of nitrogens with zero attached hydrogens (tertiary/aromatic N) is 3. The van der Waals surface area contributed by atoms with Gasteiger partial charge in [-0.2, -0.15) is 0 Å². The minimum Gasteiger partial charge on any atom is -0.508 e. The molecule has 3 heterocycles. The van der Waals surface area contributed by atoms with Crippen LogP contribution in [-0.2, 0) is 0 Å². The van der Waals surface area contributed by atoms with E-state index < -0.39 is 0 Å². The van der Waals surface area contributed by atoms with Crippen LogP contribution in [0.3, 0.4) is 0 Å². The molecular formula is C20H25N3O. The van der Waals surface area contributed by atoms with Crippen molar-refractivity contribution >= 4 is 21.8 Å². The van der Waals surface area contributed by atoms with Crippen molar-refractivity contribution in [3.05, 3.63) is 36.2 Å². The second-order valence-electron chi connectivity index (χ2n) is 7.07. The van der Waals surface area contributed by atoms with Crippen LogP contribution in [0, 0.1) is 6.92 Å². The van der Waals surface area contributed by atoms with Crippen molar-refractivity contribution < 1.29 is 5.11 Å². The van der Waals surface area contributed by atoms with Crippen LogP contribution in [0.4, 0.5) is 0 Å². The molecule has 1 atom stereocenters. The number of phenolic OH excluding ortho intramolecular Hbond substituents is 1. The first-order valence-corrected chi connectivity index (χ1v) is 8.96. The Morgan fingerprint density at radius 1 is 1.12 bits per heavy atom. The molecule has 24 heavy (non-hydrogen) atoms. The Morgan fingerprint density at radius 2 is 1.92 bits per heavy atom. The van der Waals surface area contributed by atoms with Crippen LogP contribution in [0.15, 0.2) is 30.5 Å². The van der Waals surface area contributed by atoms with Gasteiger partial charge in [0.25, 0.3) is 0 Å². The summed E-state index contributed by atoms with van der Waals surface area (Å²) in [5.41, 5.74) is 3.35. The topological polar surface area (TPSA) is 41.3 Å². The molecule has 1 aliphatic heterocycles. The van der Waals surface area contributed by atoms with Gasteiger partial charge >= 0.3 is 0 Å². The molecule has 1 aliphatic rings. The van der Waals surface area contributed by atoms with E-state index in [-0.39, 0.29) is 0 Å². The Kier molecular flexibility index (Phi) is 3.93. The molecule has 1 N–H and O–H groups in total. The molecule has 3 aromatic rings. The summed E-state index contributed by atoms with van der Waals surface area (Å²) >= 11 is 0. The molecule has 2 aromatic heterocycles. The number of hydrogen-bond donors (Lipinski definition) is 1. The molecule has 1 unspecified atom stereocenters. The van der Waals surface area contributed by atoms with Crippen molar-refractivity contribution in [3.63, 3.8) is 0 Å². The summed E-state index contributed by atoms with van der Waals surface area (Å²) in [4.78, 5) is 7.09. The SMILES string of the molecule is Cc1nccc2c3ccc(O)cc3n(C(C)CN3CCCCC3)c12. The minimum atomic E-state index is 0.322. The van der Waals surface area contributed by atoms with E-state index in [1.54, 1.807) is 6.07 Å². The molecule has 0 saturated carbocycles. The lowest BCUT2D eigenvalue weighted by atomic mass is 10.1. The molecule has 0 radical (unpaired) electrons. The summed E-state index contributed by atoms with van der Waals surface area (Å²) in [7, 11) is 0. The number of benzene rings is 1. The van der Waals surface area contributed by atoms with Crippen molar-refractivity contribution in [1.82, 2.24) is 14.5 Å². The van der Waals surface area contributed by atoms with Gasteiger partial charge in [0.2, 0.25) is 0 Å². The maximum absolute atomic E-state index is 10.0. The molecule has 1 fully saturated rings. The highest BCUT2D eigenvalue weighted by Crippen LogP contribution is 2.35. The molecule has 4 nitrogen and oxygen atoms in total. The quantitative estimate of drug-likeness (QED) is 0.783. The lowest BCUT2D eigenvalue weighted by Crippen LogP contribution is -2.34. The second-order valence-corrected chi connectivity index (χ2v) is 7.07. The first-order chi connectivity index (χ1) is 11.6. The molecule has 0 spiro atoms. The largest absolute Gasteiger partial charge is 0.508 e. The Hall–Kier alpha value is -2.07. The number of likely N-dealkylation sites (tertiary alicyclic amines) is 1. The molecule has 1 saturated heterocycles. The zero-order valence-corrected chi connectivity index (χ0v) is 14.5. The fourth-order valence-corrected chi connectivity index (χ4v) is 4.20. The Balaban J connectivity index is 1.86. The van der Waals surface area contributed by atoms with Crippen molar-refractivity contribution in [1.29, 1.82) is 0 Å². The van der Waals surface area contributed by atoms with Gasteiger partial charge in [0.05, 0.1) is 16.7 Å². The van der Waals surface area contributed by atoms with Crippen molar-refractivity contribution in [3.8, 4) is 5.75 Å². The standard InChI is InChI=1S/C20H25N3O/c1-14(13-22-10-4-3-5-11-22)23-19-12-16(24)6-7-17(19)18-8-9-21-15(2)20(18)23/h6-9,12,14,24H,3-5,10-11,13H2,1-2H3. The fourth-order valence-electron chi connectivity index (χ4n) is 4.20. The zero-order chi connectivity index (χ0) is 16.7. The summed E-state index contributed by atoms with van der Waals surface area (Å²) in [6, 6.07) is 8.12. The van der Waals surface area contributed by atoms with Gasteiger partial charge in [-0.15, -0.1) is 0 Å². The normalized spacial score (nSPS) is 17.6. The van der Waals surface area contributed by atoms with E-state index in [4.69, 9.17) is 0 Å². The van der Waals surface area contributed by atoms with Gasteiger partial charge in [0, 0.05) is 35.6 Å². The fraction of sp³-hybridized carbons (Fsp3) is 0.450. The van der Waals surface area contributed by atoms with Gasteiger partial charge in [-0.05, 0) is 58.0 Å². The van der Waals surface area contributed by atoms with Gasteiger partial charge in [-0.25, -0.2) is 0 Å². The Morgan fingerprint density at radius 3 is 2.71 bits per heavy atom. The maximum atomic E-state index is 10.0. The number of aromatic hydroxyl groups is 1. The summed E-state index contributed by atoms with van der Waals surface area (Å²) in [5.74, 6) is 0.322. The predicted molar refractivity (Wildman–Crippen MR) is 98.6 cm³/mol. The lowest BCUT2D eigenvalue weighted by molar-refractivity contribution is 0.204. The molecule has 126 valence electrons. The number of aromatic nitrogens is 2. The first-order valence-electron chi connectivity index (χ1n) is 8.96. The van der Waals surface area contributed by atoms with Crippen LogP contribution < -0.4 is 0 Å². The minimum absolute atomic E-state index is 0.322. The molecule has 0 aliphatic carbocycles. The number of fused-ring (bicyclic) bond motifs is 3. The van der Waals surface area contributed by atoms with Crippen LogP contribution in [0.1, 0.15) is 37.9 Å². The van der Waals surface area contributed by atoms with Gasteiger partial charge in [0.1, 0.15) is 5.75 Å². The average molecular weight is 323 g/mol. The summed E-state index contributed by atoms with van der Waals surface area (Å²) in [6.07, 6.45) is 5.85. The summed E-state index contributed by atoms with van der Waals surface area (Å²) in [5, 5.41) is 12.4. The first kappa shape index (κ1) is 15.5. The van der Waals surface area contributed by atoms with Crippen molar-refractivity contribution in [2.75, 3.05) is 19.6 Å². The number of pyridine rings is 1. The highest BCUT2D eigenvalue weighted by atomic mass is 16.3. The average Bonchev–Trinajstić information content (AvgIpc) is 2.90. The van der Waals surface area contributed by atoms with Crippen LogP contribution in [0.2, 0.25) is 0 Å².